The summed E-state index contributed by atoms with van der Waals surface area (Å²) in [6.45, 7) is 0. The van der Waals surface area contributed by atoms with Gasteiger partial charge < -0.3 is 5.11 Å². The van der Waals surface area contributed by atoms with Crippen LogP contribution in [0.2, 0.25) is 0 Å². The molecule has 0 saturated heterocycles. The molecule has 0 heterocycles. The summed E-state index contributed by atoms with van der Waals surface area (Å²) >= 11 is 0. The Morgan fingerprint density at radius 2 is 2.07 bits per heavy atom. The van der Waals surface area contributed by atoms with Crippen molar-refractivity contribution in [3.05, 3.63) is 53.6 Å². The summed E-state index contributed by atoms with van der Waals surface area (Å²) in [6, 6.07) is 8.16. The number of aliphatic hydroxyl groups excluding tert-OH is 1. The van der Waals surface area contributed by atoms with Crippen molar-refractivity contribution < 1.29 is 5.11 Å². The Morgan fingerprint density at radius 1 is 1.21 bits per heavy atom. The van der Waals surface area contributed by atoms with Gasteiger partial charge in [-0.1, -0.05) is 42.5 Å². The third kappa shape index (κ3) is 0.933. The largest absolute Gasteiger partial charge is 0.388 e. The molecular formula is C13H12O. The van der Waals surface area contributed by atoms with Crippen LogP contribution in [-0.2, 0) is 0 Å². The van der Waals surface area contributed by atoms with Gasteiger partial charge in [0.25, 0.3) is 0 Å². The molecule has 1 heteroatoms. The molecule has 0 bridgehead atoms. The highest BCUT2D eigenvalue weighted by atomic mass is 16.3. The smallest absolute Gasteiger partial charge is 0.0867 e. The fourth-order valence-corrected chi connectivity index (χ4v) is 2.47. The van der Waals surface area contributed by atoms with Gasteiger partial charge in [0.1, 0.15) is 0 Å². The Morgan fingerprint density at radius 3 is 3.00 bits per heavy atom. The summed E-state index contributed by atoms with van der Waals surface area (Å²) in [7, 11) is 0. The maximum absolute atomic E-state index is 10.1. The number of benzene rings is 1. The standard InChI is InChI=1S/C13H12O/c14-13-11-7-3-1-5-9(11)10-6-2-4-8-12(10)13/h1-7,12-14H,8H2. The number of rotatable bonds is 0. The van der Waals surface area contributed by atoms with Crippen molar-refractivity contribution in [3.8, 4) is 0 Å². The Bertz CT molecular complexity index is 429. The molecule has 2 aliphatic carbocycles. The van der Waals surface area contributed by atoms with Gasteiger partial charge in [-0.2, -0.15) is 0 Å². The van der Waals surface area contributed by atoms with Crippen molar-refractivity contribution in [2.75, 3.05) is 0 Å². The maximum atomic E-state index is 10.1. The van der Waals surface area contributed by atoms with Crippen LogP contribution in [-0.4, -0.2) is 5.11 Å². The van der Waals surface area contributed by atoms with Crippen LogP contribution >= 0.6 is 0 Å². The number of hydrogen-bond acceptors (Lipinski definition) is 1. The van der Waals surface area contributed by atoms with Crippen LogP contribution in [0.1, 0.15) is 23.7 Å². The van der Waals surface area contributed by atoms with E-state index in [-0.39, 0.29) is 12.0 Å². The molecule has 0 radical (unpaired) electrons. The highest BCUT2D eigenvalue weighted by Gasteiger charge is 2.34. The predicted molar refractivity (Wildman–Crippen MR) is 56.6 cm³/mol. The number of allylic oxidation sites excluding steroid dienone is 3. The molecule has 0 saturated carbocycles. The van der Waals surface area contributed by atoms with Crippen LogP contribution in [0.25, 0.3) is 5.57 Å². The SMILES string of the molecule is OC1c2ccccc2C2=CC=CCC21. The van der Waals surface area contributed by atoms with Crippen molar-refractivity contribution >= 4 is 5.57 Å². The van der Waals surface area contributed by atoms with Gasteiger partial charge in [-0.25, -0.2) is 0 Å². The topological polar surface area (TPSA) is 20.2 Å². The Kier molecular flexibility index (Phi) is 1.62. The predicted octanol–water partition coefficient (Wildman–Crippen LogP) is 2.69. The van der Waals surface area contributed by atoms with E-state index in [1.807, 2.05) is 18.2 Å². The average Bonchev–Trinajstić information content (AvgIpc) is 2.55. The van der Waals surface area contributed by atoms with Crippen LogP contribution in [0, 0.1) is 5.92 Å². The van der Waals surface area contributed by atoms with Crippen LogP contribution in [0.3, 0.4) is 0 Å². The van der Waals surface area contributed by atoms with Crippen molar-refractivity contribution in [1.29, 1.82) is 0 Å². The Labute approximate surface area is 83.4 Å². The fraction of sp³-hybridized carbons (Fsp3) is 0.231. The quantitative estimate of drug-likeness (QED) is 0.657. The summed E-state index contributed by atoms with van der Waals surface area (Å²) in [5, 5.41) is 10.1. The first-order valence-electron chi connectivity index (χ1n) is 5.02. The van der Waals surface area contributed by atoms with Gasteiger partial charge in [0.15, 0.2) is 0 Å². The molecule has 0 aromatic heterocycles. The van der Waals surface area contributed by atoms with Gasteiger partial charge in [0, 0.05) is 5.92 Å². The lowest BCUT2D eigenvalue weighted by Gasteiger charge is -2.16. The summed E-state index contributed by atoms with van der Waals surface area (Å²) in [4.78, 5) is 0. The summed E-state index contributed by atoms with van der Waals surface area (Å²) < 4.78 is 0. The van der Waals surface area contributed by atoms with Crippen LogP contribution in [0.4, 0.5) is 0 Å². The summed E-state index contributed by atoms with van der Waals surface area (Å²) in [6.07, 6.45) is 7.00. The van der Waals surface area contributed by atoms with Crippen LogP contribution in [0.15, 0.2) is 42.5 Å². The molecule has 70 valence electrons. The lowest BCUT2D eigenvalue weighted by Crippen LogP contribution is -2.06. The second-order valence-corrected chi connectivity index (χ2v) is 3.92. The highest BCUT2D eigenvalue weighted by molar-refractivity contribution is 5.77. The highest BCUT2D eigenvalue weighted by Crippen LogP contribution is 2.47. The van der Waals surface area contributed by atoms with E-state index in [1.54, 1.807) is 0 Å². The minimum atomic E-state index is -0.303. The van der Waals surface area contributed by atoms with Gasteiger partial charge in [-0.05, 0) is 23.1 Å². The number of aliphatic hydroxyl groups is 1. The van der Waals surface area contributed by atoms with Crippen molar-refractivity contribution in [2.24, 2.45) is 5.92 Å². The fourth-order valence-electron chi connectivity index (χ4n) is 2.47. The molecule has 0 fully saturated rings. The van der Waals surface area contributed by atoms with Crippen molar-refractivity contribution in [1.82, 2.24) is 0 Å². The molecule has 14 heavy (non-hydrogen) atoms. The maximum Gasteiger partial charge on any atom is 0.0867 e. The zero-order chi connectivity index (χ0) is 9.54. The second-order valence-electron chi connectivity index (χ2n) is 3.92. The van der Waals surface area contributed by atoms with E-state index < -0.39 is 0 Å². The van der Waals surface area contributed by atoms with Gasteiger partial charge in [0.05, 0.1) is 6.10 Å². The molecule has 0 aliphatic heterocycles. The first-order valence-corrected chi connectivity index (χ1v) is 5.02. The minimum absolute atomic E-state index is 0.289. The van der Waals surface area contributed by atoms with E-state index >= 15 is 0 Å². The molecule has 0 spiro atoms. The normalized spacial score (nSPS) is 28.2. The first kappa shape index (κ1) is 8.01. The van der Waals surface area contributed by atoms with Crippen LogP contribution < -0.4 is 0 Å². The Balaban J connectivity index is 2.22. The number of fused-ring (bicyclic) bond motifs is 3. The summed E-state index contributed by atoms with van der Waals surface area (Å²) in [5.41, 5.74) is 3.62. The van der Waals surface area contributed by atoms with Crippen molar-refractivity contribution in [3.63, 3.8) is 0 Å². The van der Waals surface area contributed by atoms with E-state index in [9.17, 15) is 5.11 Å². The molecule has 0 amide bonds. The molecule has 1 N–H and O–H groups in total. The molecule has 3 rings (SSSR count). The lowest BCUT2D eigenvalue weighted by molar-refractivity contribution is 0.144. The van der Waals surface area contributed by atoms with Gasteiger partial charge in [-0.15, -0.1) is 0 Å². The molecule has 2 aliphatic rings. The van der Waals surface area contributed by atoms with Gasteiger partial charge in [0.2, 0.25) is 0 Å². The Hall–Kier alpha value is -1.34. The lowest BCUT2D eigenvalue weighted by atomic mass is 9.91. The van der Waals surface area contributed by atoms with E-state index in [4.69, 9.17) is 0 Å². The van der Waals surface area contributed by atoms with Gasteiger partial charge in [-0.3, -0.25) is 0 Å². The summed E-state index contributed by atoms with van der Waals surface area (Å²) in [5.74, 6) is 0.289. The van der Waals surface area contributed by atoms with E-state index in [0.717, 1.165) is 12.0 Å². The third-order valence-corrected chi connectivity index (χ3v) is 3.17. The van der Waals surface area contributed by atoms with E-state index in [1.165, 1.54) is 11.1 Å². The minimum Gasteiger partial charge on any atom is -0.388 e. The van der Waals surface area contributed by atoms with E-state index in [2.05, 4.69) is 24.3 Å². The van der Waals surface area contributed by atoms with Crippen molar-refractivity contribution in [2.45, 2.75) is 12.5 Å². The first-order chi connectivity index (χ1) is 6.88. The zero-order valence-corrected chi connectivity index (χ0v) is 7.85. The second kappa shape index (κ2) is 2.82. The molecule has 2 unspecified atom stereocenters. The monoisotopic (exact) mass is 184 g/mol. The third-order valence-electron chi connectivity index (χ3n) is 3.17. The number of hydrogen-bond donors (Lipinski definition) is 1. The zero-order valence-electron chi connectivity index (χ0n) is 7.85. The molecule has 1 nitrogen and oxygen atoms in total. The molecular weight excluding hydrogens is 172 g/mol. The van der Waals surface area contributed by atoms with E-state index in [0.29, 0.717) is 0 Å². The average molecular weight is 184 g/mol. The molecule has 1 aromatic carbocycles. The molecule has 2 atom stereocenters. The molecule has 1 aromatic rings. The van der Waals surface area contributed by atoms with Gasteiger partial charge >= 0.3 is 0 Å². The van der Waals surface area contributed by atoms with Crippen LogP contribution in [0.5, 0.6) is 0 Å².